The molecule has 1 radical (unpaired) electrons. The van der Waals surface area contributed by atoms with Crippen LogP contribution in [0.15, 0.2) is 12.1 Å². The Labute approximate surface area is 67.8 Å². The Morgan fingerprint density at radius 2 is 2.25 bits per heavy atom. The average Bonchev–Trinajstić information content (AvgIpc) is 2.08. The van der Waals surface area contributed by atoms with Crippen molar-refractivity contribution >= 4 is 5.97 Å². The number of carbonyl (C=O) groups is 1. The highest BCUT2D eigenvalue weighted by molar-refractivity contribution is 5.89. The molecule has 12 heavy (non-hydrogen) atoms. The molecule has 0 aliphatic heterocycles. The summed E-state index contributed by atoms with van der Waals surface area (Å²) in [7, 11) is 1.08. The molecule has 0 aliphatic rings. The zero-order valence-corrected chi connectivity index (χ0v) is 6.23. The van der Waals surface area contributed by atoms with Crippen molar-refractivity contribution < 1.29 is 18.3 Å². The number of ether oxygens (including phenoxy) is 1. The molecule has 1 rings (SSSR count). The molecular weight excluding hydrogens is 166 g/mol. The van der Waals surface area contributed by atoms with Crippen molar-refractivity contribution in [3.05, 3.63) is 35.4 Å². The first-order valence-electron chi connectivity index (χ1n) is 3.11. The lowest BCUT2D eigenvalue weighted by Gasteiger charge is -1.99. The number of hydrogen-bond acceptors (Lipinski definition) is 2. The number of methoxy groups -OCH3 is 1. The Morgan fingerprint density at radius 1 is 1.58 bits per heavy atom. The Bertz CT molecular complexity index is 310. The maximum absolute atomic E-state index is 12.7. The molecule has 0 aliphatic carbocycles. The van der Waals surface area contributed by atoms with E-state index in [0.717, 1.165) is 19.2 Å². The van der Waals surface area contributed by atoms with Crippen LogP contribution in [-0.4, -0.2) is 13.1 Å². The lowest BCUT2D eigenvalue weighted by atomic mass is 10.2. The van der Waals surface area contributed by atoms with E-state index in [1.807, 2.05) is 0 Å². The van der Waals surface area contributed by atoms with Gasteiger partial charge in [0, 0.05) is 6.07 Å². The van der Waals surface area contributed by atoms with Crippen LogP contribution < -0.4 is 0 Å². The summed E-state index contributed by atoms with van der Waals surface area (Å²) in [5.74, 6) is -3.26. The third-order valence-corrected chi connectivity index (χ3v) is 1.28. The van der Waals surface area contributed by atoms with E-state index >= 15 is 0 Å². The van der Waals surface area contributed by atoms with E-state index in [2.05, 4.69) is 10.8 Å². The molecule has 0 spiro atoms. The van der Waals surface area contributed by atoms with Gasteiger partial charge in [-0.3, -0.25) is 0 Å². The summed E-state index contributed by atoms with van der Waals surface area (Å²) in [4.78, 5) is 10.7. The first kappa shape index (κ1) is 8.64. The van der Waals surface area contributed by atoms with Crippen LogP contribution >= 0.6 is 0 Å². The van der Waals surface area contributed by atoms with Gasteiger partial charge in [-0.2, -0.15) is 0 Å². The van der Waals surface area contributed by atoms with E-state index in [0.29, 0.717) is 0 Å². The Kier molecular flexibility index (Phi) is 2.38. The predicted octanol–water partition coefficient (Wildman–Crippen LogP) is 1.55. The first-order chi connectivity index (χ1) is 5.66. The highest BCUT2D eigenvalue weighted by atomic mass is 19.2. The number of rotatable bonds is 1. The number of hydrogen-bond donors (Lipinski definition) is 0. The topological polar surface area (TPSA) is 26.3 Å². The lowest BCUT2D eigenvalue weighted by Crippen LogP contribution is -2.05. The van der Waals surface area contributed by atoms with Crippen molar-refractivity contribution in [1.29, 1.82) is 0 Å². The molecule has 2 nitrogen and oxygen atoms in total. The van der Waals surface area contributed by atoms with Gasteiger partial charge in [-0.05, 0) is 6.07 Å². The predicted molar refractivity (Wildman–Crippen MR) is 36.5 cm³/mol. The molecule has 0 aromatic heterocycles. The highest BCUT2D eigenvalue weighted by Gasteiger charge is 2.14. The van der Waals surface area contributed by atoms with E-state index in [9.17, 15) is 13.6 Å². The van der Waals surface area contributed by atoms with Crippen LogP contribution in [0.3, 0.4) is 0 Å². The lowest BCUT2D eigenvalue weighted by molar-refractivity contribution is 0.0594. The SMILES string of the molecule is COC(=O)c1[c]ccc(F)c1F. The second kappa shape index (κ2) is 3.30. The van der Waals surface area contributed by atoms with Crippen molar-refractivity contribution in [2.45, 2.75) is 0 Å². The molecule has 0 unspecified atom stereocenters. The minimum Gasteiger partial charge on any atom is -0.465 e. The minimum absolute atomic E-state index is 0.516. The van der Waals surface area contributed by atoms with Crippen LogP contribution in [0.4, 0.5) is 8.78 Å². The summed E-state index contributed by atoms with van der Waals surface area (Å²) in [5, 5.41) is 0. The average molecular weight is 171 g/mol. The molecule has 0 N–H and O–H groups in total. The maximum Gasteiger partial charge on any atom is 0.341 e. The molecule has 0 bridgehead atoms. The van der Waals surface area contributed by atoms with E-state index in [-0.39, 0.29) is 0 Å². The van der Waals surface area contributed by atoms with Crippen LogP contribution in [0.2, 0.25) is 0 Å². The van der Waals surface area contributed by atoms with Gasteiger partial charge < -0.3 is 4.74 Å². The van der Waals surface area contributed by atoms with Gasteiger partial charge in [-0.25, -0.2) is 13.6 Å². The molecule has 0 fully saturated rings. The molecule has 0 saturated heterocycles. The molecule has 1 aromatic rings. The Balaban J connectivity index is 3.16. The van der Waals surface area contributed by atoms with Crippen LogP contribution in [-0.2, 0) is 4.74 Å². The molecule has 0 heterocycles. The zero-order valence-electron chi connectivity index (χ0n) is 6.23. The second-order valence-electron chi connectivity index (χ2n) is 2.01. The largest absolute Gasteiger partial charge is 0.465 e. The number of esters is 1. The van der Waals surface area contributed by atoms with Gasteiger partial charge in [0.15, 0.2) is 11.6 Å². The molecular formula is C8H5F2O2. The summed E-state index contributed by atoms with van der Waals surface area (Å²) >= 11 is 0. The fraction of sp³-hybridized carbons (Fsp3) is 0.125. The molecule has 0 saturated carbocycles. The van der Waals surface area contributed by atoms with E-state index in [1.54, 1.807) is 0 Å². The molecule has 4 heteroatoms. The van der Waals surface area contributed by atoms with Crippen molar-refractivity contribution in [2.24, 2.45) is 0 Å². The summed E-state index contributed by atoms with van der Waals surface area (Å²) in [5.41, 5.74) is -0.516. The van der Waals surface area contributed by atoms with Crippen LogP contribution in [0.1, 0.15) is 10.4 Å². The van der Waals surface area contributed by atoms with Crippen LogP contribution in [0.5, 0.6) is 0 Å². The van der Waals surface area contributed by atoms with Gasteiger partial charge in [0.1, 0.15) is 5.56 Å². The van der Waals surface area contributed by atoms with Crippen molar-refractivity contribution in [3.8, 4) is 0 Å². The number of carbonyl (C=O) groups excluding carboxylic acids is 1. The van der Waals surface area contributed by atoms with Gasteiger partial charge in [-0.15, -0.1) is 0 Å². The summed E-state index contributed by atoms with van der Waals surface area (Å²) in [6.07, 6.45) is 0. The highest BCUT2D eigenvalue weighted by Crippen LogP contribution is 2.11. The quantitative estimate of drug-likeness (QED) is 0.599. The van der Waals surface area contributed by atoms with E-state index < -0.39 is 23.2 Å². The summed E-state index contributed by atoms with van der Waals surface area (Å²) < 4.78 is 29.4. The maximum atomic E-state index is 12.7. The van der Waals surface area contributed by atoms with E-state index in [4.69, 9.17) is 0 Å². The van der Waals surface area contributed by atoms with Gasteiger partial charge in [-0.1, -0.05) is 6.07 Å². The van der Waals surface area contributed by atoms with Gasteiger partial charge in [0.2, 0.25) is 0 Å². The number of halogens is 2. The van der Waals surface area contributed by atoms with Crippen molar-refractivity contribution in [2.75, 3.05) is 7.11 Å². The van der Waals surface area contributed by atoms with Crippen molar-refractivity contribution in [1.82, 2.24) is 0 Å². The molecule has 1 aromatic carbocycles. The van der Waals surface area contributed by atoms with Gasteiger partial charge >= 0.3 is 5.97 Å². The molecule has 0 amide bonds. The Hall–Kier alpha value is -1.45. The fourth-order valence-corrected chi connectivity index (χ4v) is 0.705. The third kappa shape index (κ3) is 1.42. The zero-order chi connectivity index (χ0) is 9.14. The van der Waals surface area contributed by atoms with E-state index in [1.165, 1.54) is 0 Å². The minimum atomic E-state index is -1.23. The van der Waals surface area contributed by atoms with Crippen molar-refractivity contribution in [3.63, 3.8) is 0 Å². The van der Waals surface area contributed by atoms with Gasteiger partial charge in [0.05, 0.1) is 7.11 Å². The number of benzene rings is 1. The smallest absolute Gasteiger partial charge is 0.341 e. The summed E-state index contributed by atoms with van der Waals surface area (Å²) in [6, 6.07) is 4.23. The summed E-state index contributed by atoms with van der Waals surface area (Å²) in [6.45, 7) is 0. The standard InChI is InChI=1S/C8H5F2O2/c1-12-8(11)5-3-2-4-6(9)7(5)10/h2,4H,1H3. The normalized spacial score (nSPS) is 9.58. The van der Waals surface area contributed by atoms with Gasteiger partial charge in [0.25, 0.3) is 0 Å². The fourth-order valence-electron chi connectivity index (χ4n) is 0.705. The second-order valence-corrected chi connectivity index (χ2v) is 2.01. The first-order valence-corrected chi connectivity index (χ1v) is 3.11. The Morgan fingerprint density at radius 3 is 2.83 bits per heavy atom. The molecule has 63 valence electrons. The monoisotopic (exact) mass is 171 g/mol. The molecule has 0 atom stereocenters. The third-order valence-electron chi connectivity index (χ3n) is 1.28. The van der Waals surface area contributed by atoms with Crippen LogP contribution in [0, 0.1) is 17.7 Å². The van der Waals surface area contributed by atoms with Crippen LogP contribution in [0.25, 0.3) is 0 Å².